The Morgan fingerprint density at radius 2 is 0.768 bits per heavy atom. The van der Waals surface area contributed by atoms with Gasteiger partial charge in [0.15, 0.2) is 6.29 Å². The van der Waals surface area contributed by atoms with Crippen LogP contribution in [0.3, 0.4) is 0 Å². The van der Waals surface area contributed by atoms with Crippen LogP contribution < -0.4 is 0 Å². The molecule has 4 aromatic rings. The van der Waals surface area contributed by atoms with Crippen LogP contribution in [0.15, 0.2) is 121 Å². The summed E-state index contributed by atoms with van der Waals surface area (Å²) in [7, 11) is 0. The van der Waals surface area contributed by atoms with Crippen molar-refractivity contribution in [2.45, 2.75) is 154 Å². The average molecular weight is 765 g/mol. The van der Waals surface area contributed by atoms with E-state index in [1.807, 2.05) is 72.8 Å². The van der Waals surface area contributed by atoms with Gasteiger partial charge in [0.2, 0.25) is 0 Å². The van der Waals surface area contributed by atoms with E-state index in [1.165, 1.54) is 77.0 Å². The van der Waals surface area contributed by atoms with Crippen LogP contribution >= 0.6 is 0 Å². The molecule has 5 atom stereocenters. The van der Waals surface area contributed by atoms with Gasteiger partial charge in [-0.2, -0.15) is 0 Å². The maximum Gasteiger partial charge on any atom is 0.186 e. The van der Waals surface area contributed by atoms with Crippen molar-refractivity contribution in [3.63, 3.8) is 0 Å². The molecular weight excluding hydrogens is 697 g/mol. The molecule has 0 aromatic heterocycles. The van der Waals surface area contributed by atoms with Crippen LogP contribution in [0.25, 0.3) is 0 Å². The number of hydrogen-bond donors (Lipinski definition) is 0. The van der Waals surface area contributed by atoms with Gasteiger partial charge in [-0.1, -0.05) is 212 Å². The summed E-state index contributed by atoms with van der Waals surface area (Å²) in [6, 6.07) is 41.0. The minimum absolute atomic E-state index is 0.323. The van der Waals surface area contributed by atoms with Crippen LogP contribution in [0.5, 0.6) is 0 Å². The molecular formula is C50H68O6. The van der Waals surface area contributed by atoms with Gasteiger partial charge in [-0.15, -0.1) is 0 Å². The third-order valence-corrected chi connectivity index (χ3v) is 10.6. The van der Waals surface area contributed by atoms with Crippen molar-refractivity contribution in [3.05, 3.63) is 144 Å². The Kier molecular flexibility index (Phi) is 21.3. The molecule has 1 aliphatic heterocycles. The van der Waals surface area contributed by atoms with E-state index in [1.54, 1.807) is 0 Å². The molecule has 6 heteroatoms. The van der Waals surface area contributed by atoms with E-state index in [4.69, 9.17) is 28.4 Å². The number of ether oxygens (including phenoxy) is 6. The third kappa shape index (κ3) is 16.6. The van der Waals surface area contributed by atoms with Gasteiger partial charge in [0.05, 0.1) is 33.0 Å². The highest BCUT2D eigenvalue weighted by Gasteiger charge is 2.49. The minimum atomic E-state index is -0.650. The summed E-state index contributed by atoms with van der Waals surface area (Å²) in [5.74, 6) is 0. The Labute approximate surface area is 338 Å². The predicted molar refractivity (Wildman–Crippen MR) is 226 cm³/mol. The van der Waals surface area contributed by atoms with Crippen LogP contribution in [-0.4, -0.2) is 43.9 Å². The first-order chi connectivity index (χ1) is 27.8. The fraction of sp³-hybridized carbons (Fsp3) is 0.520. The van der Waals surface area contributed by atoms with Gasteiger partial charge in [0.1, 0.15) is 24.4 Å². The summed E-state index contributed by atoms with van der Waals surface area (Å²) >= 11 is 0. The van der Waals surface area contributed by atoms with Gasteiger partial charge >= 0.3 is 0 Å². The smallest absolute Gasteiger partial charge is 0.186 e. The average Bonchev–Trinajstić information content (AvgIpc) is 3.25. The molecule has 0 amide bonds. The topological polar surface area (TPSA) is 55.4 Å². The van der Waals surface area contributed by atoms with E-state index in [9.17, 15) is 0 Å². The van der Waals surface area contributed by atoms with E-state index >= 15 is 0 Å². The first kappa shape index (κ1) is 43.8. The molecule has 1 fully saturated rings. The predicted octanol–water partition coefficient (Wildman–Crippen LogP) is 12.2. The molecule has 0 aliphatic carbocycles. The van der Waals surface area contributed by atoms with Gasteiger partial charge in [0, 0.05) is 6.61 Å². The van der Waals surface area contributed by atoms with Crippen LogP contribution in [0, 0.1) is 0 Å². The Morgan fingerprint density at radius 3 is 1.21 bits per heavy atom. The lowest BCUT2D eigenvalue weighted by atomic mass is 9.97. The van der Waals surface area contributed by atoms with Gasteiger partial charge in [-0.3, -0.25) is 0 Å². The maximum absolute atomic E-state index is 6.86. The van der Waals surface area contributed by atoms with Crippen molar-refractivity contribution in [2.75, 3.05) is 13.2 Å². The third-order valence-electron chi connectivity index (χ3n) is 10.6. The van der Waals surface area contributed by atoms with Crippen molar-refractivity contribution in [1.82, 2.24) is 0 Å². The summed E-state index contributed by atoms with van der Waals surface area (Å²) in [6.45, 7) is 4.89. The second kappa shape index (κ2) is 27.3. The van der Waals surface area contributed by atoms with Crippen molar-refractivity contribution >= 4 is 0 Å². The molecule has 1 aliphatic rings. The van der Waals surface area contributed by atoms with Gasteiger partial charge in [-0.05, 0) is 28.7 Å². The summed E-state index contributed by atoms with van der Waals surface area (Å²) < 4.78 is 40.2. The Morgan fingerprint density at radius 1 is 0.393 bits per heavy atom. The molecule has 0 bridgehead atoms. The standard InChI is InChI=1S/C50H68O6/c1-2-3-4-5-6-7-8-9-10-11-12-13-14-27-36-52-50-49(55-40-45-34-25-18-26-35-45)48(54-39-44-32-23-17-24-33-44)47(53-38-43-30-21-16-22-31-43)46(56-50)41-51-37-42-28-19-15-20-29-42/h15-26,28-35,46-50H,2-14,27,36-41H2,1H3/t46-,47-,48+,49-,50+/m1/s1. The lowest BCUT2D eigenvalue weighted by molar-refractivity contribution is -0.328. The Balaban J connectivity index is 1.23. The van der Waals surface area contributed by atoms with E-state index < -0.39 is 30.7 Å². The van der Waals surface area contributed by atoms with E-state index in [2.05, 4.69) is 55.5 Å². The molecule has 304 valence electrons. The molecule has 6 nitrogen and oxygen atoms in total. The quantitative estimate of drug-likeness (QED) is 0.0513. The molecule has 0 unspecified atom stereocenters. The molecule has 1 saturated heterocycles. The van der Waals surface area contributed by atoms with Crippen molar-refractivity contribution in [2.24, 2.45) is 0 Å². The molecule has 5 rings (SSSR count). The molecule has 0 radical (unpaired) electrons. The van der Waals surface area contributed by atoms with Gasteiger partial charge in [0.25, 0.3) is 0 Å². The van der Waals surface area contributed by atoms with E-state index in [0.717, 1.165) is 35.1 Å². The van der Waals surface area contributed by atoms with Crippen LogP contribution in [0.4, 0.5) is 0 Å². The van der Waals surface area contributed by atoms with Gasteiger partial charge < -0.3 is 28.4 Å². The second-order valence-electron chi connectivity index (χ2n) is 15.3. The lowest BCUT2D eigenvalue weighted by Gasteiger charge is -2.46. The molecule has 56 heavy (non-hydrogen) atoms. The fourth-order valence-corrected chi connectivity index (χ4v) is 7.38. The van der Waals surface area contributed by atoms with Crippen LogP contribution in [0.1, 0.15) is 119 Å². The zero-order chi connectivity index (χ0) is 38.7. The lowest BCUT2D eigenvalue weighted by Crippen LogP contribution is -2.61. The molecule has 0 spiro atoms. The number of benzene rings is 4. The normalized spacial score (nSPS) is 19.6. The highest BCUT2D eigenvalue weighted by Crippen LogP contribution is 2.32. The Hall–Kier alpha value is -3.36. The summed E-state index contributed by atoms with van der Waals surface area (Å²) in [4.78, 5) is 0. The van der Waals surface area contributed by atoms with Crippen molar-refractivity contribution in [3.8, 4) is 0 Å². The number of unbranched alkanes of at least 4 members (excludes halogenated alkanes) is 13. The highest BCUT2D eigenvalue weighted by molar-refractivity contribution is 5.16. The molecule has 1 heterocycles. The zero-order valence-electron chi connectivity index (χ0n) is 34.0. The van der Waals surface area contributed by atoms with Gasteiger partial charge in [-0.25, -0.2) is 0 Å². The van der Waals surface area contributed by atoms with E-state index in [-0.39, 0.29) is 0 Å². The summed E-state index contributed by atoms with van der Waals surface area (Å²) in [6.07, 6.45) is 15.8. The number of hydrogen-bond acceptors (Lipinski definition) is 6. The minimum Gasteiger partial charge on any atom is -0.374 e. The summed E-state index contributed by atoms with van der Waals surface area (Å²) in [5.41, 5.74) is 4.35. The van der Waals surface area contributed by atoms with Crippen molar-refractivity contribution < 1.29 is 28.4 Å². The number of rotatable bonds is 29. The summed E-state index contributed by atoms with van der Waals surface area (Å²) in [5, 5.41) is 0. The highest BCUT2D eigenvalue weighted by atomic mass is 16.7. The van der Waals surface area contributed by atoms with Crippen LogP contribution in [-0.2, 0) is 54.8 Å². The molecule has 0 N–H and O–H groups in total. The van der Waals surface area contributed by atoms with Crippen LogP contribution in [0.2, 0.25) is 0 Å². The second-order valence-corrected chi connectivity index (χ2v) is 15.3. The van der Waals surface area contributed by atoms with E-state index in [0.29, 0.717) is 39.6 Å². The monoisotopic (exact) mass is 765 g/mol. The largest absolute Gasteiger partial charge is 0.374 e. The first-order valence-corrected chi connectivity index (χ1v) is 21.7. The molecule has 4 aromatic carbocycles. The molecule has 0 saturated carbocycles. The SMILES string of the molecule is CCCCCCCCCCCCCCCCO[C@H]1O[C@H](COCc2ccccc2)[C@@H](OCc2ccccc2)[C@H](OCc2ccccc2)[C@H]1OCc1ccccc1. The zero-order valence-corrected chi connectivity index (χ0v) is 34.0. The van der Waals surface area contributed by atoms with Crippen molar-refractivity contribution in [1.29, 1.82) is 0 Å². The first-order valence-electron chi connectivity index (χ1n) is 21.7. The fourth-order valence-electron chi connectivity index (χ4n) is 7.38. The Bertz CT molecular complexity index is 1500. The maximum atomic E-state index is 6.86.